The van der Waals surface area contributed by atoms with Crippen LogP contribution in [0, 0.1) is 6.92 Å². The number of aromatic nitrogens is 1. The molecule has 1 heterocycles. The van der Waals surface area contributed by atoms with Gasteiger partial charge in [0.15, 0.2) is 0 Å². The van der Waals surface area contributed by atoms with Gasteiger partial charge < -0.3 is 0 Å². The third-order valence-electron chi connectivity index (χ3n) is 2.68. The molecule has 82 valence electrons. The number of pyridine rings is 1. The summed E-state index contributed by atoms with van der Waals surface area (Å²) in [6, 6.07) is 10.5. The molecule has 0 bridgehead atoms. The third-order valence-corrected chi connectivity index (χ3v) is 3.02. The van der Waals surface area contributed by atoms with Crippen molar-refractivity contribution in [1.29, 1.82) is 0 Å². The van der Waals surface area contributed by atoms with Crippen LogP contribution in [0.25, 0.3) is 11.1 Å². The molecule has 0 unspecified atom stereocenters. The maximum absolute atomic E-state index is 6.00. The van der Waals surface area contributed by atoms with E-state index in [1.54, 1.807) is 0 Å². The Hall–Kier alpha value is -1.34. The lowest BCUT2D eigenvalue weighted by molar-refractivity contribution is 1.10. The van der Waals surface area contributed by atoms with Gasteiger partial charge in [0.05, 0.1) is 0 Å². The lowest BCUT2D eigenvalue weighted by atomic mass is 10.0. The minimum absolute atomic E-state index is 0.610. The lowest BCUT2D eigenvalue weighted by Gasteiger charge is -2.05. The zero-order chi connectivity index (χ0) is 11.5. The lowest BCUT2D eigenvalue weighted by Crippen LogP contribution is -1.88. The van der Waals surface area contributed by atoms with Crippen molar-refractivity contribution in [2.45, 2.75) is 20.3 Å². The highest BCUT2D eigenvalue weighted by molar-refractivity contribution is 6.30. The van der Waals surface area contributed by atoms with E-state index in [-0.39, 0.29) is 0 Å². The van der Waals surface area contributed by atoms with Crippen LogP contribution < -0.4 is 0 Å². The number of hydrogen-bond donors (Lipinski definition) is 0. The maximum atomic E-state index is 6.00. The molecule has 0 aliphatic rings. The minimum atomic E-state index is 0.610. The zero-order valence-electron chi connectivity index (χ0n) is 9.50. The monoisotopic (exact) mass is 231 g/mol. The van der Waals surface area contributed by atoms with Gasteiger partial charge in [0.2, 0.25) is 0 Å². The van der Waals surface area contributed by atoms with E-state index in [1.165, 1.54) is 11.1 Å². The topological polar surface area (TPSA) is 12.9 Å². The van der Waals surface area contributed by atoms with Crippen LogP contribution >= 0.6 is 11.6 Å². The molecule has 1 nitrogen and oxygen atoms in total. The number of aryl methyl sites for hydroxylation is 2. The SMILES string of the molecule is CCc1cc(-c2ccc(C)cc2)cnc1Cl. The Bertz CT molecular complexity index is 489. The molecule has 2 aromatic rings. The first-order valence-electron chi connectivity index (χ1n) is 5.42. The summed E-state index contributed by atoms with van der Waals surface area (Å²) in [5.74, 6) is 0. The Balaban J connectivity index is 2.44. The van der Waals surface area contributed by atoms with Crippen molar-refractivity contribution in [3.05, 3.63) is 52.8 Å². The predicted molar refractivity (Wildman–Crippen MR) is 68.8 cm³/mol. The van der Waals surface area contributed by atoms with Gasteiger partial charge in [0.25, 0.3) is 0 Å². The quantitative estimate of drug-likeness (QED) is 0.704. The second-order valence-electron chi connectivity index (χ2n) is 3.89. The fourth-order valence-electron chi connectivity index (χ4n) is 1.65. The van der Waals surface area contributed by atoms with Gasteiger partial charge >= 0.3 is 0 Å². The van der Waals surface area contributed by atoms with Crippen molar-refractivity contribution in [2.24, 2.45) is 0 Å². The zero-order valence-corrected chi connectivity index (χ0v) is 10.3. The van der Waals surface area contributed by atoms with Crippen molar-refractivity contribution in [3.63, 3.8) is 0 Å². The van der Waals surface area contributed by atoms with Gasteiger partial charge in [-0.3, -0.25) is 0 Å². The molecule has 0 saturated heterocycles. The molecular weight excluding hydrogens is 218 g/mol. The first-order valence-corrected chi connectivity index (χ1v) is 5.80. The summed E-state index contributed by atoms with van der Waals surface area (Å²) in [5.41, 5.74) is 4.67. The number of hydrogen-bond acceptors (Lipinski definition) is 1. The fourth-order valence-corrected chi connectivity index (χ4v) is 1.88. The van der Waals surface area contributed by atoms with Crippen LogP contribution in [-0.4, -0.2) is 4.98 Å². The van der Waals surface area contributed by atoms with Crippen LogP contribution in [0.2, 0.25) is 5.15 Å². The van der Waals surface area contributed by atoms with Gasteiger partial charge in [-0.25, -0.2) is 4.98 Å². The third kappa shape index (κ3) is 2.25. The highest BCUT2D eigenvalue weighted by Crippen LogP contribution is 2.23. The predicted octanol–water partition coefficient (Wildman–Crippen LogP) is 4.27. The van der Waals surface area contributed by atoms with Crippen LogP contribution in [-0.2, 0) is 6.42 Å². The molecule has 0 spiro atoms. The number of nitrogens with zero attached hydrogens (tertiary/aromatic N) is 1. The summed E-state index contributed by atoms with van der Waals surface area (Å²) in [6.45, 7) is 4.17. The van der Waals surface area contributed by atoms with Crippen LogP contribution in [0.5, 0.6) is 0 Å². The summed E-state index contributed by atoms with van der Waals surface area (Å²) in [7, 11) is 0. The smallest absolute Gasteiger partial charge is 0.132 e. The Morgan fingerprint density at radius 3 is 2.44 bits per heavy atom. The Morgan fingerprint density at radius 1 is 1.12 bits per heavy atom. The van der Waals surface area contributed by atoms with Crippen molar-refractivity contribution in [3.8, 4) is 11.1 Å². The maximum Gasteiger partial charge on any atom is 0.132 e. The number of benzene rings is 1. The normalized spacial score (nSPS) is 10.4. The molecular formula is C14H14ClN. The molecule has 0 aliphatic carbocycles. The van der Waals surface area contributed by atoms with Gasteiger partial charge in [-0.2, -0.15) is 0 Å². The molecule has 2 heteroatoms. The van der Waals surface area contributed by atoms with E-state index < -0.39 is 0 Å². The van der Waals surface area contributed by atoms with E-state index in [9.17, 15) is 0 Å². The summed E-state index contributed by atoms with van der Waals surface area (Å²) >= 11 is 6.00. The molecule has 0 radical (unpaired) electrons. The number of halogens is 1. The average molecular weight is 232 g/mol. The van der Waals surface area contributed by atoms with E-state index in [1.807, 2.05) is 6.20 Å². The summed E-state index contributed by atoms with van der Waals surface area (Å²) in [4.78, 5) is 4.21. The van der Waals surface area contributed by atoms with Crippen molar-refractivity contribution in [2.75, 3.05) is 0 Å². The van der Waals surface area contributed by atoms with E-state index in [0.29, 0.717) is 5.15 Å². The first kappa shape index (κ1) is 11.2. The van der Waals surface area contributed by atoms with Gasteiger partial charge in [-0.15, -0.1) is 0 Å². The second-order valence-corrected chi connectivity index (χ2v) is 4.25. The molecule has 0 aliphatic heterocycles. The second kappa shape index (κ2) is 4.67. The Morgan fingerprint density at radius 2 is 1.81 bits per heavy atom. The van der Waals surface area contributed by atoms with E-state index in [0.717, 1.165) is 17.5 Å². The van der Waals surface area contributed by atoms with Gasteiger partial charge in [0, 0.05) is 11.8 Å². The Labute approximate surface area is 101 Å². The molecule has 0 saturated carbocycles. The molecule has 0 fully saturated rings. The highest BCUT2D eigenvalue weighted by Gasteiger charge is 2.03. The molecule has 0 N–H and O–H groups in total. The Kier molecular flexibility index (Phi) is 3.25. The van der Waals surface area contributed by atoms with Gasteiger partial charge in [-0.1, -0.05) is 48.4 Å². The van der Waals surface area contributed by atoms with Crippen LogP contribution in [0.4, 0.5) is 0 Å². The molecule has 1 aromatic carbocycles. The van der Waals surface area contributed by atoms with Crippen LogP contribution in [0.3, 0.4) is 0 Å². The summed E-state index contributed by atoms with van der Waals surface area (Å²) < 4.78 is 0. The molecule has 0 atom stereocenters. The minimum Gasteiger partial charge on any atom is -0.244 e. The van der Waals surface area contributed by atoms with E-state index >= 15 is 0 Å². The summed E-state index contributed by atoms with van der Waals surface area (Å²) in [6.07, 6.45) is 2.73. The molecule has 2 rings (SSSR count). The van der Waals surface area contributed by atoms with Crippen molar-refractivity contribution >= 4 is 11.6 Å². The number of rotatable bonds is 2. The van der Waals surface area contributed by atoms with Gasteiger partial charge in [-0.05, 0) is 30.5 Å². The molecule has 16 heavy (non-hydrogen) atoms. The van der Waals surface area contributed by atoms with Crippen molar-refractivity contribution in [1.82, 2.24) is 4.98 Å². The molecule has 0 amide bonds. The largest absolute Gasteiger partial charge is 0.244 e. The standard InChI is InChI=1S/C14H14ClN/c1-3-11-8-13(9-16-14(11)15)12-6-4-10(2)5-7-12/h4-9H,3H2,1-2H3. The summed E-state index contributed by atoms with van der Waals surface area (Å²) in [5, 5.41) is 0.610. The van der Waals surface area contributed by atoms with Crippen LogP contribution in [0.1, 0.15) is 18.1 Å². The van der Waals surface area contributed by atoms with E-state index in [4.69, 9.17) is 11.6 Å². The molecule has 1 aromatic heterocycles. The average Bonchev–Trinajstić information content (AvgIpc) is 2.31. The van der Waals surface area contributed by atoms with Crippen molar-refractivity contribution < 1.29 is 0 Å². The van der Waals surface area contributed by atoms with Gasteiger partial charge in [0.1, 0.15) is 5.15 Å². The van der Waals surface area contributed by atoms with E-state index in [2.05, 4.69) is 49.2 Å². The fraction of sp³-hybridized carbons (Fsp3) is 0.214. The van der Waals surface area contributed by atoms with Crippen LogP contribution in [0.15, 0.2) is 36.5 Å². The first-order chi connectivity index (χ1) is 7.70. The highest BCUT2D eigenvalue weighted by atomic mass is 35.5.